The number of likely N-dealkylation sites (N-methyl/N-ethyl adjacent to an activating group) is 1. The number of hydrogen-bond donors (Lipinski definition) is 1. The average molecular weight is 467 g/mol. The van der Waals surface area contributed by atoms with Gasteiger partial charge in [-0.15, -0.1) is 0 Å². The maximum Gasteiger partial charge on any atom is 0.410 e. The Labute approximate surface area is 196 Å². The molecule has 7 nitrogen and oxygen atoms in total. The Morgan fingerprint density at radius 2 is 1.70 bits per heavy atom. The standard InChI is InChI=1S/C25H23ClN2O5/c1-28(22(24(29)30)12-14-32-23-21(26)11-6-13-27-23)25(31)33-15-20-18-9-4-2-7-16(18)17-8-3-5-10-19(17)20/h2-11,13,20,22H,12,14-15H2,1H3,(H,29,30)/t22-/m0/s1. The van der Waals surface area contributed by atoms with Crippen molar-refractivity contribution in [1.82, 2.24) is 9.88 Å². The SMILES string of the molecule is CN(C(=O)OCC1c2ccccc2-c2ccccc21)[C@@H](CCOc1ncccc1Cl)C(=O)O. The van der Waals surface area contributed by atoms with Gasteiger partial charge < -0.3 is 14.6 Å². The highest BCUT2D eigenvalue weighted by Gasteiger charge is 2.32. The highest BCUT2D eigenvalue weighted by Crippen LogP contribution is 2.44. The van der Waals surface area contributed by atoms with Crippen LogP contribution in [0.3, 0.4) is 0 Å². The van der Waals surface area contributed by atoms with Gasteiger partial charge in [0.2, 0.25) is 5.88 Å². The van der Waals surface area contributed by atoms with Gasteiger partial charge in [0, 0.05) is 25.6 Å². The van der Waals surface area contributed by atoms with E-state index in [-0.39, 0.29) is 31.4 Å². The lowest BCUT2D eigenvalue weighted by Crippen LogP contribution is -2.43. The van der Waals surface area contributed by atoms with Crippen LogP contribution in [0.5, 0.6) is 5.88 Å². The third-order valence-corrected chi connectivity index (χ3v) is 6.02. The summed E-state index contributed by atoms with van der Waals surface area (Å²) in [4.78, 5) is 29.6. The Bertz CT molecular complexity index is 1120. The molecule has 170 valence electrons. The van der Waals surface area contributed by atoms with E-state index in [0.717, 1.165) is 27.2 Å². The average Bonchev–Trinajstić information content (AvgIpc) is 3.14. The van der Waals surface area contributed by atoms with Gasteiger partial charge in [0.25, 0.3) is 0 Å². The Morgan fingerprint density at radius 3 is 2.30 bits per heavy atom. The molecule has 1 aliphatic rings. The van der Waals surface area contributed by atoms with Crippen LogP contribution < -0.4 is 4.74 Å². The Morgan fingerprint density at radius 1 is 1.06 bits per heavy atom. The van der Waals surface area contributed by atoms with Crippen LogP contribution in [-0.2, 0) is 9.53 Å². The number of aromatic nitrogens is 1. The lowest BCUT2D eigenvalue weighted by Gasteiger charge is -2.25. The van der Waals surface area contributed by atoms with Crippen molar-refractivity contribution >= 4 is 23.7 Å². The minimum atomic E-state index is -1.15. The molecule has 0 aliphatic heterocycles. The van der Waals surface area contributed by atoms with Crippen LogP contribution in [0, 0.1) is 0 Å². The molecule has 0 fully saturated rings. The van der Waals surface area contributed by atoms with Crippen molar-refractivity contribution in [3.63, 3.8) is 0 Å². The minimum Gasteiger partial charge on any atom is -0.480 e. The summed E-state index contributed by atoms with van der Waals surface area (Å²) in [6.45, 7) is 0.137. The molecule has 1 heterocycles. The third kappa shape index (κ3) is 4.78. The quantitative estimate of drug-likeness (QED) is 0.511. The molecule has 1 amide bonds. The molecule has 0 saturated carbocycles. The number of benzene rings is 2. The van der Waals surface area contributed by atoms with Crippen molar-refractivity contribution in [2.75, 3.05) is 20.3 Å². The molecule has 4 rings (SSSR count). The summed E-state index contributed by atoms with van der Waals surface area (Å²) in [7, 11) is 1.41. The zero-order valence-electron chi connectivity index (χ0n) is 18.0. The molecule has 1 atom stereocenters. The number of halogens is 1. The maximum atomic E-state index is 12.7. The molecule has 3 aromatic rings. The largest absolute Gasteiger partial charge is 0.480 e. The Hall–Kier alpha value is -3.58. The first-order valence-corrected chi connectivity index (χ1v) is 10.9. The van der Waals surface area contributed by atoms with Crippen LogP contribution in [0.15, 0.2) is 66.9 Å². The molecule has 1 N–H and O–H groups in total. The predicted octanol–water partition coefficient (Wildman–Crippen LogP) is 4.84. The number of fused-ring (bicyclic) bond motifs is 3. The van der Waals surface area contributed by atoms with Gasteiger partial charge in [0.15, 0.2) is 0 Å². The fourth-order valence-electron chi connectivity index (χ4n) is 4.05. The van der Waals surface area contributed by atoms with Crippen molar-refractivity contribution in [3.8, 4) is 17.0 Å². The highest BCUT2D eigenvalue weighted by molar-refractivity contribution is 6.31. The normalized spacial score (nSPS) is 13.0. The summed E-state index contributed by atoms with van der Waals surface area (Å²) >= 11 is 6.00. The lowest BCUT2D eigenvalue weighted by molar-refractivity contribution is -0.142. The van der Waals surface area contributed by atoms with E-state index in [1.165, 1.54) is 13.2 Å². The number of carbonyl (C=O) groups excluding carboxylic acids is 1. The second kappa shape index (κ2) is 9.92. The van der Waals surface area contributed by atoms with Crippen molar-refractivity contribution in [2.24, 2.45) is 0 Å². The molecule has 1 aromatic heterocycles. The molecule has 8 heteroatoms. The molecule has 0 unspecified atom stereocenters. The number of nitrogens with zero attached hydrogens (tertiary/aromatic N) is 2. The number of carboxylic acids is 1. The maximum absolute atomic E-state index is 12.7. The number of aliphatic carboxylic acids is 1. The van der Waals surface area contributed by atoms with Crippen molar-refractivity contribution in [1.29, 1.82) is 0 Å². The van der Waals surface area contributed by atoms with Gasteiger partial charge in [-0.1, -0.05) is 60.1 Å². The van der Waals surface area contributed by atoms with Crippen LogP contribution in [0.2, 0.25) is 5.02 Å². The van der Waals surface area contributed by atoms with E-state index in [9.17, 15) is 14.7 Å². The Kier molecular flexibility index (Phi) is 6.79. The number of pyridine rings is 1. The van der Waals surface area contributed by atoms with Gasteiger partial charge in [-0.05, 0) is 34.4 Å². The minimum absolute atomic E-state index is 0.0225. The fraction of sp³-hybridized carbons (Fsp3) is 0.240. The van der Waals surface area contributed by atoms with Gasteiger partial charge in [0.1, 0.15) is 17.7 Å². The molecule has 1 aliphatic carbocycles. The monoisotopic (exact) mass is 466 g/mol. The second-order valence-corrected chi connectivity index (χ2v) is 8.10. The molecular formula is C25H23ClN2O5. The molecule has 0 saturated heterocycles. The van der Waals surface area contributed by atoms with E-state index < -0.39 is 18.1 Å². The number of ether oxygens (including phenoxy) is 2. The van der Waals surface area contributed by atoms with E-state index in [0.29, 0.717) is 5.02 Å². The molecule has 0 spiro atoms. The highest BCUT2D eigenvalue weighted by atomic mass is 35.5. The van der Waals surface area contributed by atoms with E-state index in [2.05, 4.69) is 17.1 Å². The first kappa shape index (κ1) is 22.6. The zero-order chi connectivity index (χ0) is 23.4. The smallest absolute Gasteiger partial charge is 0.410 e. The van der Waals surface area contributed by atoms with Crippen LogP contribution >= 0.6 is 11.6 Å². The van der Waals surface area contributed by atoms with E-state index in [1.54, 1.807) is 12.1 Å². The van der Waals surface area contributed by atoms with Crippen molar-refractivity contribution in [3.05, 3.63) is 83.0 Å². The van der Waals surface area contributed by atoms with Crippen molar-refractivity contribution in [2.45, 2.75) is 18.4 Å². The van der Waals surface area contributed by atoms with Crippen LogP contribution in [0.4, 0.5) is 4.79 Å². The first-order valence-electron chi connectivity index (χ1n) is 10.5. The summed E-state index contributed by atoms with van der Waals surface area (Å²) < 4.78 is 11.0. The van der Waals surface area contributed by atoms with Crippen molar-refractivity contribution < 1.29 is 24.2 Å². The van der Waals surface area contributed by atoms with Gasteiger partial charge in [-0.25, -0.2) is 14.6 Å². The number of amides is 1. The van der Waals surface area contributed by atoms with Crippen LogP contribution in [0.1, 0.15) is 23.5 Å². The van der Waals surface area contributed by atoms with Gasteiger partial charge >= 0.3 is 12.1 Å². The second-order valence-electron chi connectivity index (χ2n) is 7.70. The van der Waals surface area contributed by atoms with Gasteiger partial charge in [-0.2, -0.15) is 0 Å². The molecule has 0 radical (unpaired) electrons. The molecular weight excluding hydrogens is 444 g/mol. The predicted molar refractivity (Wildman–Crippen MR) is 124 cm³/mol. The van der Waals surface area contributed by atoms with Gasteiger partial charge in [-0.3, -0.25) is 4.90 Å². The molecule has 2 aromatic carbocycles. The summed E-state index contributed by atoms with van der Waals surface area (Å²) in [6, 6.07) is 18.2. The van der Waals surface area contributed by atoms with E-state index in [1.807, 2.05) is 36.4 Å². The third-order valence-electron chi connectivity index (χ3n) is 5.73. The number of rotatable bonds is 8. The Balaban J connectivity index is 1.39. The topological polar surface area (TPSA) is 89.0 Å². The number of hydrogen-bond acceptors (Lipinski definition) is 5. The molecule has 33 heavy (non-hydrogen) atoms. The summed E-state index contributed by atoms with van der Waals surface area (Å²) in [5.74, 6) is -1.04. The van der Waals surface area contributed by atoms with E-state index >= 15 is 0 Å². The van der Waals surface area contributed by atoms with Crippen LogP contribution in [-0.4, -0.2) is 53.4 Å². The summed E-state index contributed by atoms with van der Waals surface area (Å²) in [6.07, 6.45) is 0.863. The zero-order valence-corrected chi connectivity index (χ0v) is 18.7. The first-order chi connectivity index (χ1) is 16.0. The van der Waals surface area contributed by atoms with Crippen LogP contribution in [0.25, 0.3) is 11.1 Å². The van der Waals surface area contributed by atoms with Gasteiger partial charge in [0.05, 0.1) is 6.61 Å². The fourth-order valence-corrected chi connectivity index (χ4v) is 4.23. The number of carbonyl (C=O) groups is 2. The summed E-state index contributed by atoms with van der Waals surface area (Å²) in [5, 5.41) is 9.97. The van der Waals surface area contributed by atoms with E-state index in [4.69, 9.17) is 21.1 Å². The lowest BCUT2D eigenvalue weighted by atomic mass is 9.98. The molecule has 0 bridgehead atoms. The summed E-state index contributed by atoms with van der Waals surface area (Å²) in [5.41, 5.74) is 4.42. The number of carboxylic acid groups (broad SMARTS) is 1.